The van der Waals surface area contributed by atoms with Crippen molar-refractivity contribution in [3.63, 3.8) is 0 Å². The fourth-order valence-electron chi connectivity index (χ4n) is 4.64. The van der Waals surface area contributed by atoms with Gasteiger partial charge in [-0.25, -0.2) is 19.6 Å². The number of carboxylic acid groups (broad SMARTS) is 1. The summed E-state index contributed by atoms with van der Waals surface area (Å²) in [5.41, 5.74) is 6.33. The molecule has 0 bridgehead atoms. The Labute approximate surface area is 222 Å². The molecule has 40 heavy (non-hydrogen) atoms. The minimum absolute atomic E-state index is 0.0220. The van der Waals surface area contributed by atoms with Crippen molar-refractivity contribution >= 4 is 34.5 Å². The largest absolute Gasteiger partial charge is 0.481 e. The summed E-state index contributed by atoms with van der Waals surface area (Å²) in [6.45, 7) is 0.807. The van der Waals surface area contributed by atoms with Crippen molar-refractivity contribution in [3.8, 4) is 11.5 Å². The molecule has 0 fully saturated rings. The van der Waals surface area contributed by atoms with Crippen LogP contribution in [0.2, 0.25) is 0 Å². The van der Waals surface area contributed by atoms with Gasteiger partial charge in [0.05, 0.1) is 17.4 Å². The summed E-state index contributed by atoms with van der Waals surface area (Å²) >= 11 is 0. The van der Waals surface area contributed by atoms with Crippen LogP contribution in [-0.4, -0.2) is 53.8 Å². The van der Waals surface area contributed by atoms with E-state index < -0.39 is 42.4 Å². The van der Waals surface area contributed by atoms with Gasteiger partial charge in [-0.3, -0.25) is 9.59 Å². The van der Waals surface area contributed by atoms with Crippen LogP contribution in [0.15, 0.2) is 42.6 Å². The summed E-state index contributed by atoms with van der Waals surface area (Å²) in [6.07, 6.45) is -6.14. The standard InChI is InChI=1S/C25H20F5N7O3/c1-23(13-6-4-12(5-7-13)11-15(38)39)16-18(31)33-20(34-19(16)35-22(23)40)17-14-3-2-9-32-21(14)37(36-17)10-8-24(26,27)25(28,29)30/h2-7,9H,8,10-11H2,1H3,(H,38,39)(H3,31,33,34,35,40). The first-order valence-electron chi connectivity index (χ1n) is 11.8. The van der Waals surface area contributed by atoms with Crippen LogP contribution in [0.4, 0.5) is 33.6 Å². The Bertz CT molecular complexity index is 1650. The second-order valence-corrected chi connectivity index (χ2v) is 9.40. The maximum Gasteiger partial charge on any atom is 0.453 e. The number of hydrogen-bond donors (Lipinski definition) is 3. The van der Waals surface area contributed by atoms with Crippen molar-refractivity contribution in [3.05, 3.63) is 59.3 Å². The number of carbonyl (C=O) groups is 2. The molecule has 1 aliphatic heterocycles. The van der Waals surface area contributed by atoms with E-state index >= 15 is 0 Å². The van der Waals surface area contributed by atoms with Crippen molar-refractivity contribution in [1.82, 2.24) is 24.7 Å². The van der Waals surface area contributed by atoms with Gasteiger partial charge in [0, 0.05) is 19.2 Å². The number of nitrogens with two attached hydrogens (primary N) is 1. The predicted molar refractivity (Wildman–Crippen MR) is 131 cm³/mol. The Hall–Kier alpha value is -4.69. The molecule has 1 aromatic carbocycles. The molecular formula is C25H20F5N7O3. The van der Waals surface area contributed by atoms with Crippen LogP contribution in [0.25, 0.3) is 22.6 Å². The Kier molecular flexibility index (Phi) is 6.19. The number of fused-ring (bicyclic) bond motifs is 2. The number of hydrogen-bond acceptors (Lipinski definition) is 7. The van der Waals surface area contributed by atoms with Crippen LogP contribution in [0.3, 0.4) is 0 Å². The Morgan fingerprint density at radius 1 is 1.12 bits per heavy atom. The van der Waals surface area contributed by atoms with Gasteiger partial charge >= 0.3 is 18.1 Å². The Morgan fingerprint density at radius 3 is 2.48 bits per heavy atom. The van der Waals surface area contributed by atoms with E-state index in [9.17, 15) is 31.5 Å². The number of halogens is 5. The molecule has 1 amide bonds. The topological polar surface area (TPSA) is 149 Å². The molecule has 0 spiro atoms. The molecule has 4 heterocycles. The SMILES string of the molecule is CC1(c2ccc(CC(=O)O)cc2)C(=O)Nc2nc(-c3nn(CCC(F)(F)C(F)(F)F)c4ncccc34)nc(N)c21. The lowest BCUT2D eigenvalue weighted by molar-refractivity contribution is -0.285. The number of alkyl halides is 5. The zero-order valence-corrected chi connectivity index (χ0v) is 20.6. The second-order valence-electron chi connectivity index (χ2n) is 9.40. The normalized spacial score (nSPS) is 17.2. The monoisotopic (exact) mass is 561 g/mol. The van der Waals surface area contributed by atoms with E-state index in [0.717, 1.165) is 4.68 Å². The van der Waals surface area contributed by atoms with Crippen LogP contribution in [0, 0.1) is 0 Å². The lowest BCUT2D eigenvalue weighted by atomic mass is 9.77. The molecule has 1 unspecified atom stereocenters. The first-order valence-corrected chi connectivity index (χ1v) is 11.8. The van der Waals surface area contributed by atoms with E-state index in [1.807, 2.05) is 0 Å². The number of rotatable bonds is 7. The number of anilines is 2. The molecule has 10 nitrogen and oxygen atoms in total. The van der Waals surface area contributed by atoms with E-state index in [1.54, 1.807) is 31.2 Å². The van der Waals surface area contributed by atoms with Gasteiger partial charge in [-0.15, -0.1) is 0 Å². The van der Waals surface area contributed by atoms with Gasteiger partial charge in [-0.05, 0) is 30.2 Å². The van der Waals surface area contributed by atoms with E-state index in [-0.39, 0.29) is 46.2 Å². The van der Waals surface area contributed by atoms with Crippen LogP contribution >= 0.6 is 0 Å². The molecule has 15 heteroatoms. The quantitative estimate of drug-likeness (QED) is 0.287. The number of nitrogens with zero attached hydrogens (tertiary/aromatic N) is 5. The Morgan fingerprint density at radius 2 is 1.82 bits per heavy atom. The maximum absolute atomic E-state index is 13.6. The van der Waals surface area contributed by atoms with Gasteiger partial charge in [-0.2, -0.15) is 27.1 Å². The zero-order chi connectivity index (χ0) is 29.0. The number of carbonyl (C=O) groups excluding carboxylic acids is 1. The molecule has 4 N–H and O–H groups in total. The summed E-state index contributed by atoms with van der Waals surface area (Å²) in [4.78, 5) is 36.9. The number of aliphatic carboxylic acids is 1. The minimum atomic E-state index is -5.72. The molecule has 0 saturated heterocycles. The van der Waals surface area contributed by atoms with Crippen molar-refractivity contribution in [2.45, 2.75) is 43.8 Å². The number of amides is 1. The second kappa shape index (κ2) is 9.20. The predicted octanol–water partition coefficient (Wildman–Crippen LogP) is 3.94. The fraction of sp³-hybridized carbons (Fsp3) is 0.280. The van der Waals surface area contributed by atoms with Crippen molar-refractivity contribution in [2.24, 2.45) is 0 Å². The average molecular weight is 561 g/mol. The molecule has 208 valence electrons. The lowest BCUT2D eigenvalue weighted by Crippen LogP contribution is -2.37. The van der Waals surface area contributed by atoms with Crippen LogP contribution in [0.1, 0.15) is 30.0 Å². The summed E-state index contributed by atoms with van der Waals surface area (Å²) < 4.78 is 66.2. The molecule has 0 radical (unpaired) electrons. The number of pyridine rings is 1. The molecule has 0 saturated carbocycles. The Balaban J connectivity index is 1.54. The molecule has 3 aromatic heterocycles. The summed E-state index contributed by atoms with van der Waals surface area (Å²) in [5, 5.41) is 16.1. The van der Waals surface area contributed by atoms with E-state index in [1.165, 1.54) is 18.3 Å². The lowest BCUT2D eigenvalue weighted by Gasteiger charge is -2.23. The van der Waals surface area contributed by atoms with E-state index in [4.69, 9.17) is 10.8 Å². The molecule has 0 aliphatic carbocycles. The number of carboxylic acids is 1. The molecule has 5 rings (SSSR count). The molecule has 4 aromatic rings. The highest BCUT2D eigenvalue weighted by molar-refractivity contribution is 6.09. The zero-order valence-electron chi connectivity index (χ0n) is 20.6. The van der Waals surface area contributed by atoms with E-state index in [2.05, 4.69) is 25.4 Å². The minimum Gasteiger partial charge on any atom is -0.481 e. The highest BCUT2D eigenvalue weighted by Crippen LogP contribution is 2.45. The molecular weight excluding hydrogens is 541 g/mol. The summed E-state index contributed by atoms with van der Waals surface area (Å²) in [5.74, 6) is -6.54. The number of benzene rings is 1. The highest BCUT2D eigenvalue weighted by atomic mass is 19.4. The first kappa shape index (κ1) is 26.9. The number of aryl methyl sites for hydroxylation is 1. The van der Waals surface area contributed by atoms with Crippen molar-refractivity contribution in [2.75, 3.05) is 11.1 Å². The molecule has 1 atom stereocenters. The number of aromatic nitrogens is 5. The number of nitrogens with one attached hydrogen (secondary N) is 1. The van der Waals surface area contributed by atoms with Crippen LogP contribution in [0.5, 0.6) is 0 Å². The highest BCUT2D eigenvalue weighted by Gasteiger charge is 2.57. The average Bonchev–Trinajstić information content (AvgIpc) is 3.37. The van der Waals surface area contributed by atoms with Gasteiger partial charge in [0.2, 0.25) is 5.91 Å². The van der Waals surface area contributed by atoms with E-state index in [0.29, 0.717) is 11.1 Å². The maximum atomic E-state index is 13.6. The van der Waals surface area contributed by atoms with Gasteiger partial charge in [-0.1, -0.05) is 24.3 Å². The first-order chi connectivity index (χ1) is 18.7. The van der Waals surface area contributed by atoms with Crippen molar-refractivity contribution in [1.29, 1.82) is 0 Å². The van der Waals surface area contributed by atoms with Gasteiger partial charge in [0.15, 0.2) is 11.5 Å². The van der Waals surface area contributed by atoms with Crippen LogP contribution in [-0.2, 0) is 28.0 Å². The third kappa shape index (κ3) is 4.36. The molecule has 1 aliphatic rings. The van der Waals surface area contributed by atoms with Gasteiger partial charge in [0.1, 0.15) is 22.7 Å². The summed E-state index contributed by atoms with van der Waals surface area (Å²) in [6, 6.07) is 9.43. The van der Waals surface area contributed by atoms with Gasteiger partial charge in [0.25, 0.3) is 0 Å². The fourth-order valence-corrected chi connectivity index (χ4v) is 4.64. The number of nitrogen functional groups attached to an aromatic ring is 1. The van der Waals surface area contributed by atoms with Crippen LogP contribution < -0.4 is 11.1 Å². The van der Waals surface area contributed by atoms with Gasteiger partial charge < -0.3 is 16.2 Å². The smallest absolute Gasteiger partial charge is 0.453 e. The third-order valence-electron chi connectivity index (χ3n) is 6.78. The summed E-state index contributed by atoms with van der Waals surface area (Å²) in [7, 11) is 0. The van der Waals surface area contributed by atoms with Crippen molar-refractivity contribution < 1.29 is 36.6 Å². The third-order valence-corrected chi connectivity index (χ3v) is 6.78.